The molecule has 2 fully saturated rings. The van der Waals surface area contributed by atoms with Gasteiger partial charge >= 0.3 is 13.2 Å². The molecule has 9 heteroatoms. The molecule has 1 atom stereocenters. The number of carbonyl (C=O) groups excluding carboxylic acids is 2. The molecular weight excluding hydrogens is 435 g/mol. The van der Waals surface area contributed by atoms with Crippen LogP contribution in [-0.4, -0.2) is 67.1 Å². The van der Waals surface area contributed by atoms with Crippen LogP contribution in [0.3, 0.4) is 0 Å². The van der Waals surface area contributed by atoms with Gasteiger partial charge in [0.05, 0.1) is 24.7 Å². The van der Waals surface area contributed by atoms with E-state index in [0.29, 0.717) is 18.8 Å². The van der Waals surface area contributed by atoms with Crippen molar-refractivity contribution in [2.24, 2.45) is 0 Å². The van der Waals surface area contributed by atoms with Crippen LogP contribution in [0.15, 0.2) is 18.2 Å². The molecule has 3 rings (SSSR count). The van der Waals surface area contributed by atoms with Crippen molar-refractivity contribution < 1.29 is 28.4 Å². The zero-order valence-electron chi connectivity index (χ0n) is 21.8. The summed E-state index contributed by atoms with van der Waals surface area (Å²) in [5.74, 6) is 0.509. The van der Waals surface area contributed by atoms with Crippen LogP contribution in [0.2, 0.25) is 0 Å². The quantitative estimate of drug-likeness (QED) is 0.661. The molecule has 1 aromatic carbocycles. The number of methoxy groups -OCH3 is 1. The molecule has 2 amide bonds. The second kappa shape index (κ2) is 9.78. The van der Waals surface area contributed by atoms with E-state index in [-0.39, 0.29) is 24.5 Å². The molecule has 188 valence electrons. The van der Waals surface area contributed by atoms with Crippen molar-refractivity contribution in [2.75, 3.05) is 20.2 Å². The van der Waals surface area contributed by atoms with E-state index in [1.807, 2.05) is 66.7 Å². The summed E-state index contributed by atoms with van der Waals surface area (Å²) in [4.78, 5) is 27.0. The van der Waals surface area contributed by atoms with Crippen molar-refractivity contribution in [3.63, 3.8) is 0 Å². The van der Waals surface area contributed by atoms with Gasteiger partial charge in [-0.2, -0.15) is 0 Å². The average molecular weight is 474 g/mol. The first-order chi connectivity index (χ1) is 15.7. The Bertz CT molecular complexity index is 895. The van der Waals surface area contributed by atoms with E-state index in [2.05, 4.69) is 5.32 Å². The Morgan fingerprint density at radius 1 is 1.18 bits per heavy atom. The van der Waals surface area contributed by atoms with Crippen molar-refractivity contribution >= 4 is 24.6 Å². The zero-order chi connectivity index (χ0) is 25.3. The Labute approximate surface area is 203 Å². The van der Waals surface area contributed by atoms with Gasteiger partial charge in [0, 0.05) is 24.7 Å². The molecule has 2 aliphatic heterocycles. The SMILES string of the molecule is COc1ccc(B2OC(C)(C)C(C)(C)O2)cc1CC(=O)NC1CCCN(C(=O)OC(C)(C)C)C1. The van der Waals surface area contributed by atoms with E-state index < -0.39 is 23.9 Å². The van der Waals surface area contributed by atoms with Gasteiger partial charge in [0.15, 0.2) is 0 Å². The fraction of sp³-hybridized carbons (Fsp3) is 0.680. The Hall–Kier alpha value is -2.26. The van der Waals surface area contributed by atoms with E-state index in [0.717, 1.165) is 23.9 Å². The number of hydrogen-bond donors (Lipinski definition) is 1. The van der Waals surface area contributed by atoms with Crippen LogP contribution in [0.1, 0.15) is 66.9 Å². The summed E-state index contributed by atoms with van der Waals surface area (Å²) < 4.78 is 23.3. The first-order valence-corrected chi connectivity index (χ1v) is 12.0. The van der Waals surface area contributed by atoms with E-state index in [9.17, 15) is 9.59 Å². The standard InChI is InChI=1S/C25H39BN2O6/c1-23(2,3)32-22(30)28-13-9-10-19(16-28)27-21(29)15-17-14-18(11-12-20(17)31-8)26-33-24(4,5)25(6,7)34-26/h11-12,14,19H,9-10,13,15-16H2,1-8H3,(H,27,29). The number of ether oxygens (including phenoxy) is 2. The van der Waals surface area contributed by atoms with Crippen LogP contribution in [-0.2, 0) is 25.3 Å². The van der Waals surface area contributed by atoms with Crippen molar-refractivity contribution in [3.05, 3.63) is 23.8 Å². The number of nitrogens with one attached hydrogen (secondary N) is 1. The van der Waals surface area contributed by atoms with Gasteiger partial charge in [-0.25, -0.2) is 4.79 Å². The van der Waals surface area contributed by atoms with Crippen LogP contribution in [0.5, 0.6) is 5.75 Å². The van der Waals surface area contributed by atoms with Crippen molar-refractivity contribution in [3.8, 4) is 5.75 Å². The summed E-state index contributed by atoms with van der Waals surface area (Å²) in [7, 11) is 1.07. The van der Waals surface area contributed by atoms with E-state index in [4.69, 9.17) is 18.8 Å². The van der Waals surface area contributed by atoms with Gasteiger partial charge in [-0.1, -0.05) is 12.1 Å². The van der Waals surface area contributed by atoms with Gasteiger partial charge < -0.3 is 29.0 Å². The monoisotopic (exact) mass is 474 g/mol. The van der Waals surface area contributed by atoms with Crippen LogP contribution < -0.4 is 15.5 Å². The maximum absolute atomic E-state index is 12.9. The van der Waals surface area contributed by atoms with Gasteiger partial charge in [0.25, 0.3) is 0 Å². The summed E-state index contributed by atoms with van der Waals surface area (Å²) in [5.41, 5.74) is 0.154. The first-order valence-electron chi connectivity index (χ1n) is 12.0. The molecule has 1 N–H and O–H groups in total. The van der Waals surface area contributed by atoms with Crippen LogP contribution in [0.25, 0.3) is 0 Å². The maximum Gasteiger partial charge on any atom is 0.494 e. The Balaban J connectivity index is 1.65. The maximum atomic E-state index is 12.9. The minimum absolute atomic E-state index is 0.119. The molecule has 0 saturated carbocycles. The van der Waals surface area contributed by atoms with Gasteiger partial charge in [0.2, 0.25) is 5.91 Å². The molecule has 2 heterocycles. The molecule has 2 aliphatic rings. The number of amides is 2. The van der Waals surface area contributed by atoms with Crippen molar-refractivity contribution in [1.82, 2.24) is 10.2 Å². The normalized spacial score (nSPS) is 21.8. The summed E-state index contributed by atoms with van der Waals surface area (Å²) in [6.07, 6.45) is 1.43. The Morgan fingerprint density at radius 2 is 1.82 bits per heavy atom. The smallest absolute Gasteiger partial charge is 0.494 e. The van der Waals surface area contributed by atoms with Gasteiger partial charge in [0.1, 0.15) is 11.4 Å². The number of carbonyl (C=O) groups is 2. The Kier molecular flexibility index (Phi) is 7.58. The molecule has 0 aromatic heterocycles. The molecule has 0 aliphatic carbocycles. The lowest BCUT2D eigenvalue weighted by Gasteiger charge is -2.34. The molecule has 34 heavy (non-hydrogen) atoms. The molecule has 0 radical (unpaired) electrons. The first kappa shape index (κ1) is 26.4. The highest BCUT2D eigenvalue weighted by atomic mass is 16.7. The van der Waals surface area contributed by atoms with Crippen LogP contribution in [0, 0.1) is 0 Å². The summed E-state index contributed by atoms with van der Waals surface area (Å²) >= 11 is 0. The van der Waals surface area contributed by atoms with Gasteiger partial charge in [-0.3, -0.25) is 4.79 Å². The lowest BCUT2D eigenvalue weighted by atomic mass is 9.78. The third-order valence-corrected chi connectivity index (χ3v) is 6.62. The lowest BCUT2D eigenvalue weighted by molar-refractivity contribution is -0.121. The molecule has 2 saturated heterocycles. The summed E-state index contributed by atoms with van der Waals surface area (Å²) in [5, 5.41) is 3.08. The average Bonchev–Trinajstić information content (AvgIpc) is 2.94. The lowest BCUT2D eigenvalue weighted by Crippen LogP contribution is -2.51. The van der Waals surface area contributed by atoms with Crippen molar-refractivity contribution in [2.45, 2.75) is 90.6 Å². The fourth-order valence-electron chi connectivity index (χ4n) is 4.10. The van der Waals surface area contributed by atoms with E-state index in [1.165, 1.54) is 0 Å². The highest BCUT2D eigenvalue weighted by Gasteiger charge is 2.51. The minimum atomic E-state index is -0.550. The molecular formula is C25H39BN2O6. The highest BCUT2D eigenvalue weighted by Crippen LogP contribution is 2.36. The third-order valence-electron chi connectivity index (χ3n) is 6.62. The van der Waals surface area contributed by atoms with Gasteiger partial charge in [-0.05, 0) is 72.8 Å². The highest BCUT2D eigenvalue weighted by molar-refractivity contribution is 6.62. The number of likely N-dealkylation sites (tertiary alicyclic amines) is 1. The second-order valence-corrected chi connectivity index (χ2v) is 11.2. The number of hydrogen-bond acceptors (Lipinski definition) is 6. The molecule has 1 unspecified atom stereocenters. The van der Waals surface area contributed by atoms with Crippen LogP contribution in [0.4, 0.5) is 4.79 Å². The molecule has 0 spiro atoms. The predicted molar refractivity (Wildman–Crippen MR) is 131 cm³/mol. The predicted octanol–water partition coefficient (Wildman–Crippen LogP) is 3.05. The number of rotatable bonds is 5. The minimum Gasteiger partial charge on any atom is -0.496 e. The molecule has 8 nitrogen and oxygen atoms in total. The van der Waals surface area contributed by atoms with Gasteiger partial charge in [-0.15, -0.1) is 0 Å². The molecule has 0 bridgehead atoms. The van der Waals surface area contributed by atoms with Crippen molar-refractivity contribution in [1.29, 1.82) is 0 Å². The van der Waals surface area contributed by atoms with E-state index >= 15 is 0 Å². The summed E-state index contributed by atoms with van der Waals surface area (Å²) in [6, 6.07) is 5.54. The largest absolute Gasteiger partial charge is 0.496 e. The Morgan fingerprint density at radius 3 is 2.41 bits per heavy atom. The number of piperidine rings is 1. The fourth-order valence-corrected chi connectivity index (χ4v) is 4.10. The molecule has 1 aromatic rings. The third kappa shape index (κ3) is 6.24. The zero-order valence-corrected chi connectivity index (χ0v) is 21.8. The number of nitrogens with zero attached hydrogens (tertiary/aromatic N) is 1. The topological polar surface area (TPSA) is 86.3 Å². The summed E-state index contributed by atoms with van der Waals surface area (Å²) in [6.45, 7) is 14.6. The number of benzene rings is 1. The van der Waals surface area contributed by atoms with E-state index in [1.54, 1.807) is 12.0 Å². The second-order valence-electron chi connectivity index (χ2n) is 11.2. The van der Waals surface area contributed by atoms with Crippen LogP contribution >= 0.6 is 0 Å².